The lowest BCUT2D eigenvalue weighted by Gasteiger charge is -2.02. The summed E-state index contributed by atoms with van der Waals surface area (Å²) >= 11 is 0. The third-order valence-electron chi connectivity index (χ3n) is 0.258. The Kier molecular flexibility index (Phi) is 13.1. The quantitative estimate of drug-likeness (QED) is 0.224. The molecule has 0 bridgehead atoms. The van der Waals surface area contributed by atoms with Crippen LogP contribution in [0.4, 0.5) is 0 Å². The molecule has 0 amide bonds. The maximum Gasteiger partial charge on any atom is 0.00261 e. The zero-order valence-corrected chi connectivity index (χ0v) is 4.68. The van der Waals surface area contributed by atoms with Gasteiger partial charge in [0.2, 0.25) is 0 Å². The Morgan fingerprint density at radius 1 is 1.29 bits per heavy atom. The van der Waals surface area contributed by atoms with E-state index in [2.05, 4.69) is 17.2 Å². The summed E-state index contributed by atoms with van der Waals surface area (Å²) in [7, 11) is 3.64. The van der Waals surface area contributed by atoms with E-state index in [1.807, 2.05) is 14.1 Å². The Morgan fingerprint density at radius 3 is 1.43 bits per heavy atom. The van der Waals surface area contributed by atoms with Crippen LogP contribution in [0, 0.1) is 0 Å². The van der Waals surface area contributed by atoms with Gasteiger partial charge in [-0.3, -0.25) is 17.5 Å². The van der Waals surface area contributed by atoms with Crippen LogP contribution in [0.5, 0.6) is 0 Å². The van der Waals surface area contributed by atoms with Crippen LogP contribution in [0.3, 0.4) is 0 Å². The lowest BCUT2D eigenvalue weighted by Crippen LogP contribution is -2.36. The predicted octanol–water partition coefficient (Wildman–Crippen LogP) is -2.25. The summed E-state index contributed by atoms with van der Waals surface area (Å²) in [4.78, 5) is 0. The SMILES string of the molecule is CN(C)NN.NN. The van der Waals surface area contributed by atoms with E-state index in [1.54, 1.807) is 5.01 Å². The minimum atomic E-state index is 1.65. The molecule has 5 nitrogen and oxygen atoms in total. The number of nitrogens with two attached hydrogens (primary N) is 3. The van der Waals surface area contributed by atoms with Crippen LogP contribution in [-0.4, -0.2) is 19.1 Å². The van der Waals surface area contributed by atoms with E-state index in [0.29, 0.717) is 0 Å². The van der Waals surface area contributed by atoms with Crippen LogP contribution in [0.15, 0.2) is 0 Å². The van der Waals surface area contributed by atoms with Gasteiger partial charge in [0.1, 0.15) is 0 Å². The number of rotatable bonds is 1. The molecule has 0 aromatic heterocycles. The third kappa shape index (κ3) is 25.8. The average molecular weight is 107 g/mol. The smallest absolute Gasteiger partial charge is 0.00261 e. The normalized spacial score (nSPS) is 7.71. The Balaban J connectivity index is 0. The van der Waals surface area contributed by atoms with Gasteiger partial charge >= 0.3 is 0 Å². The number of hydrazine groups is 3. The molecule has 0 aliphatic heterocycles. The minimum Gasteiger partial charge on any atom is -0.274 e. The molecule has 7 N–H and O–H groups in total. The van der Waals surface area contributed by atoms with Crippen LogP contribution in [-0.2, 0) is 0 Å². The van der Waals surface area contributed by atoms with Gasteiger partial charge in [0.15, 0.2) is 0 Å². The van der Waals surface area contributed by atoms with Crippen LogP contribution >= 0.6 is 0 Å². The van der Waals surface area contributed by atoms with Gasteiger partial charge in [-0.25, -0.2) is 5.01 Å². The molecule has 46 valence electrons. The van der Waals surface area contributed by atoms with E-state index in [9.17, 15) is 0 Å². The molecule has 7 heavy (non-hydrogen) atoms. The van der Waals surface area contributed by atoms with Gasteiger partial charge in [0.05, 0.1) is 0 Å². The first-order valence-corrected chi connectivity index (χ1v) is 1.74. The minimum absolute atomic E-state index is 1.65. The van der Waals surface area contributed by atoms with Crippen molar-refractivity contribution >= 4 is 0 Å². The Morgan fingerprint density at radius 2 is 1.43 bits per heavy atom. The first-order valence-electron chi connectivity index (χ1n) is 1.74. The van der Waals surface area contributed by atoms with Crippen molar-refractivity contribution in [2.45, 2.75) is 0 Å². The van der Waals surface area contributed by atoms with Gasteiger partial charge in [-0.2, -0.15) is 5.53 Å². The summed E-state index contributed by atoms with van der Waals surface area (Å²) in [6.45, 7) is 0. The molecule has 0 atom stereocenters. The topological polar surface area (TPSA) is 93.3 Å². The van der Waals surface area contributed by atoms with Gasteiger partial charge in [0, 0.05) is 14.1 Å². The highest BCUT2D eigenvalue weighted by atomic mass is 15.6. The highest BCUT2D eigenvalue weighted by Crippen LogP contribution is 1.46. The largest absolute Gasteiger partial charge is 0.274 e. The number of hydrogen-bond donors (Lipinski definition) is 4. The van der Waals surface area contributed by atoms with Gasteiger partial charge in [-0.05, 0) is 0 Å². The fourth-order valence-electron chi connectivity index (χ4n) is 0. The van der Waals surface area contributed by atoms with Crippen LogP contribution < -0.4 is 23.1 Å². The lowest BCUT2D eigenvalue weighted by atomic mass is 11.2. The van der Waals surface area contributed by atoms with E-state index in [4.69, 9.17) is 5.84 Å². The summed E-state index contributed by atoms with van der Waals surface area (Å²) in [5, 5.41) is 1.65. The number of nitrogens with zero attached hydrogens (tertiary/aromatic N) is 1. The van der Waals surface area contributed by atoms with Crippen molar-refractivity contribution in [2.75, 3.05) is 14.1 Å². The fraction of sp³-hybridized carbons (Fsp3) is 1.00. The van der Waals surface area contributed by atoms with Crippen molar-refractivity contribution in [3.05, 3.63) is 0 Å². The maximum atomic E-state index is 4.85. The fourth-order valence-corrected chi connectivity index (χ4v) is 0. The summed E-state index contributed by atoms with van der Waals surface area (Å²) in [6.07, 6.45) is 0. The Bertz CT molecular complexity index is 20.0. The van der Waals surface area contributed by atoms with Crippen molar-refractivity contribution in [1.29, 1.82) is 0 Å². The van der Waals surface area contributed by atoms with Crippen molar-refractivity contribution in [3.8, 4) is 0 Å². The maximum absolute atomic E-state index is 4.85. The van der Waals surface area contributed by atoms with E-state index < -0.39 is 0 Å². The number of hydrogen-bond acceptors (Lipinski definition) is 5. The molecule has 0 rings (SSSR count). The van der Waals surface area contributed by atoms with Gasteiger partial charge in [-0.15, -0.1) is 0 Å². The van der Waals surface area contributed by atoms with Crippen molar-refractivity contribution in [2.24, 2.45) is 17.5 Å². The average Bonchev–Trinajstić information content (AvgIpc) is 1.73. The zero-order chi connectivity index (χ0) is 6.28. The molecule has 0 heterocycles. The molecule has 5 heteroatoms. The van der Waals surface area contributed by atoms with E-state index >= 15 is 0 Å². The van der Waals surface area contributed by atoms with Gasteiger partial charge < -0.3 is 0 Å². The second-order valence-electron chi connectivity index (χ2n) is 1.02. The number of nitrogens with one attached hydrogen (secondary N) is 1. The molecule has 0 unspecified atom stereocenters. The van der Waals surface area contributed by atoms with Crippen LogP contribution in [0.1, 0.15) is 0 Å². The van der Waals surface area contributed by atoms with E-state index in [0.717, 1.165) is 0 Å². The summed E-state index contributed by atoms with van der Waals surface area (Å²) in [6, 6.07) is 0. The van der Waals surface area contributed by atoms with Crippen molar-refractivity contribution in [1.82, 2.24) is 10.5 Å². The zero-order valence-electron chi connectivity index (χ0n) is 4.68. The van der Waals surface area contributed by atoms with Crippen molar-refractivity contribution in [3.63, 3.8) is 0 Å². The molecule has 0 radical (unpaired) electrons. The first kappa shape index (κ1) is 9.93. The first-order chi connectivity index (χ1) is 3.27. The lowest BCUT2D eigenvalue weighted by molar-refractivity contribution is 0.296. The molecule has 0 saturated carbocycles. The summed E-state index contributed by atoms with van der Waals surface area (Å²) in [5.41, 5.74) is 2.36. The predicted molar refractivity (Wildman–Crippen MR) is 29.4 cm³/mol. The molecule has 0 aromatic rings. The van der Waals surface area contributed by atoms with E-state index in [-0.39, 0.29) is 0 Å². The standard InChI is InChI=1S/C2H9N3.H4N2/c1-5(2)4-3;1-2/h4H,3H2,1-2H3;1-2H2. The molecule has 0 spiro atoms. The van der Waals surface area contributed by atoms with Crippen molar-refractivity contribution < 1.29 is 0 Å². The Hall–Kier alpha value is -0.200. The molecule has 0 fully saturated rings. The third-order valence-corrected chi connectivity index (χ3v) is 0.258. The van der Waals surface area contributed by atoms with Gasteiger partial charge in [-0.1, -0.05) is 0 Å². The second kappa shape index (κ2) is 9.25. The molecular weight excluding hydrogens is 94.1 g/mol. The van der Waals surface area contributed by atoms with Crippen LogP contribution in [0.2, 0.25) is 0 Å². The highest BCUT2D eigenvalue weighted by Gasteiger charge is 1.69. The second-order valence-corrected chi connectivity index (χ2v) is 1.02. The highest BCUT2D eigenvalue weighted by molar-refractivity contribution is 4.08. The van der Waals surface area contributed by atoms with Crippen LogP contribution in [0.25, 0.3) is 0 Å². The summed E-state index contributed by atoms with van der Waals surface area (Å²) < 4.78 is 0. The molecule has 0 saturated heterocycles. The molecule has 0 aliphatic rings. The monoisotopic (exact) mass is 107 g/mol. The Labute approximate surface area is 43.3 Å². The van der Waals surface area contributed by atoms with Gasteiger partial charge in [0.25, 0.3) is 0 Å². The molecule has 0 aliphatic carbocycles. The van der Waals surface area contributed by atoms with E-state index in [1.165, 1.54) is 0 Å². The summed E-state index contributed by atoms with van der Waals surface area (Å²) in [5.74, 6) is 12.8. The molecular formula is C2H13N5. The molecule has 0 aromatic carbocycles.